The van der Waals surface area contributed by atoms with Crippen molar-refractivity contribution in [3.05, 3.63) is 47.5 Å². The second kappa shape index (κ2) is 6.15. The number of hydrogen-bond acceptors (Lipinski definition) is 2. The van der Waals surface area contributed by atoms with Crippen molar-refractivity contribution in [2.75, 3.05) is 0 Å². The molecular formula is C19H15F6NO2. The average molecular weight is 403 g/mol. The number of hydrogen-bond donors (Lipinski definition) is 0. The molecule has 9 heteroatoms. The van der Waals surface area contributed by atoms with Crippen LogP contribution in [0.2, 0.25) is 0 Å². The summed E-state index contributed by atoms with van der Waals surface area (Å²) in [5, 5.41) is -0.247. The molecule has 0 fully saturated rings. The molecule has 0 aliphatic rings. The van der Waals surface area contributed by atoms with E-state index in [9.17, 15) is 31.1 Å². The molecule has 3 nitrogen and oxygen atoms in total. The summed E-state index contributed by atoms with van der Waals surface area (Å²) in [6, 6.07) is 5.11. The molecule has 150 valence electrons. The Kier molecular flexibility index (Phi) is 4.40. The molecular weight excluding hydrogens is 388 g/mol. The van der Waals surface area contributed by atoms with E-state index < -0.39 is 35.2 Å². The lowest BCUT2D eigenvalue weighted by atomic mass is 10.1. The Bertz CT molecular complexity index is 999. The van der Waals surface area contributed by atoms with Crippen molar-refractivity contribution in [3.8, 4) is 0 Å². The Balaban J connectivity index is 2.37. The molecule has 0 saturated carbocycles. The predicted octanol–water partition coefficient (Wildman–Crippen LogP) is 6.62. The third kappa shape index (κ3) is 3.65. The molecule has 3 aromatic rings. The highest BCUT2D eigenvalue weighted by Gasteiger charge is 2.34. The van der Waals surface area contributed by atoms with Crippen LogP contribution in [0, 0.1) is 0 Å². The van der Waals surface area contributed by atoms with Crippen molar-refractivity contribution < 1.29 is 35.9 Å². The third-order valence-corrected chi connectivity index (χ3v) is 4.00. The molecule has 1 aromatic heterocycles. The molecule has 0 spiro atoms. The van der Waals surface area contributed by atoms with E-state index in [1.165, 1.54) is 0 Å². The van der Waals surface area contributed by atoms with Gasteiger partial charge in [0.25, 0.3) is 0 Å². The molecule has 2 aromatic carbocycles. The first-order chi connectivity index (χ1) is 12.7. The Morgan fingerprint density at radius 2 is 1.18 bits per heavy atom. The number of halogens is 6. The Hall–Kier alpha value is -2.71. The molecule has 0 unspecified atom stereocenters. The highest BCUT2D eigenvalue weighted by molar-refractivity contribution is 6.12. The summed E-state index contributed by atoms with van der Waals surface area (Å²) in [4.78, 5) is 12.6. The quantitative estimate of drug-likeness (QED) is 0.395. The van der Waals surface area contributed by atoms with Crippen molar-refractivity contribution in [3.63, 3.8) is 0 Å². The third-order valence-electron chi connectivity index (χ3n) is 4.00. The molecule has 0 saturated heterocycles. The number of ether oxygens (including phenoxy) is 1. The molecule has 0 bridgehead atoms. The van der Waals surface area contributed by atoms with E-state index >= 15 is 0 Å². The van der Waals surface area contributed by atoms with Crippen molar-refractivity contribution in [2.45, 2.75) is 38.7 Å². The first-order valence-electron chi connectivity index (χ1n) is 8.14. The van der Waals surface area contributed by atoms with Gasteiger partial charge in [-0.3, -0.25) is 0 Å². The van der Waals surface area contributed by atoms with Gasteiger partial charge < -0.3 is 4.74 Å². The maximum Gasteiger partial charge on any atom is 0.419 e. The van der Waals surface area contributed by atoms with Gasteiger partial charge in [0.05, 0.1) is 22.2 Å². The van der Waals surface area contributed by atoms with Gasteiger partial charge in [0.1, 0.15) is 5.60 Å². The maximum absolute atomic E-state index is 13.1. The van der Waals surface area contributed by atoms with Gasteiger partial charge in [0.2, 0.25) is 0 Å². The lowest BCUT2D eigenvalue weighted by Crippen LogP contribution is -2.27. The summed E-state index contributed by atoms with van der Waals surface area (Å²) in [5.41, 5.74) is -2.91. The van der Waals surface area contributed by atoms with Crippen LogP contribution >= 0.6 is 0 Å². The largest absolute Gasteiger partial charge is 0.443 e. The minimum absolute atomic E-state index is 0.0246. The van der Waals surface area contributed by atoms with Gasteiger partial charge in [0, 0.05) is 10.8 Å². The van der Waals surface area contributed by atoms with Gasteiger partial charge in [-0.05, 0) is 57.2 Å². The number of rotatable bonds is 0. The molecule has 0 atom stereocenters. The molecule has 0 amide bonds. The minimum atomic E-state index is -4.68. The highest BCUT2D eigenvalue weighted by Crippen LogP contribution is 2.38. The number of benzene rings is 2. The Morgan fingerprint density at radius 3 is 1.50 bits per heavy atom. The molecule has 0 radical (unpaired) electrons. The molecule has 1 heterocycles. The first-order valence-corrected chi connectivity index (χ1v) is 8.14. The van der Waals surface area contributed by atoms with E-state index in [4.69, 9.17) is 4.74 Å². The number of fused-ring (bicyclic) bond motifs is 3. The fraction of sp³-hybridized carbons (Fsp3) is 0.316. The number of carbonyl (C=O) groups excluding carboxylic acids is 1. The molecule has 0 N–H and O–H groups in total. The van der Waals surface area contributed by atoms with E-state index in [2.05, 4.69) is 0 Å². The summed E-state index contributed by atoms with van der Waals surface area (Å²) in [7, 11) is 0. The van der Waals surface area contributed by atoms with E-state index in [0.29, 0.717) is 0 Å². The zero-order valence-electron chi connectivity index (χ0n) is 15.0. The summed E-state index contributed by atoms with van der Waals surface area (Å²) in [6.45, 7) is 4.80. The summed E-state index contributed by atoms with van der Waals surface area (Å²) in [5.74, 6) is 0. The van der Waals surface area contributed by atoms with Gasteiger partial charge in [-0.2, -0.15) is 26.3 Å². The molecule has 3 rings (SSSR count). The van der Waals surface area contributed by atoms with Gasteiger partial charge in [-0.25, -0.2) is 9.36 Å². The van der Waals surface area contributed by atoms with Crippen LogP contribution in [0.3, 0.4) is 0 Å². The molecule has 0 aliphatic heterocycles. The van der Waals surface area contributed by atoms with Crippen LogP contribution in [0.1, 0.15) is 31.9 Å². The lowest BCUT2D eigenvalue weighted by Gasteiger charge is -2.20. The Labute approximate surface area is 155 Å². The predicted molar refractivity (Wildman–Crippen MR) is 91.1 cm³/mol. The van der Waals surface area contributed by atoms with Crippen molar-refractivity contribution in [1.82, 2.24) is 4.57 Å². The monoisotopic (exact) mass is 403 g/mol. The number of carbonyl (C=O) groups is 1. The van der Waals surface area contributed by atoms with E-state index in [1.54, 1.807) is 20.8 Å². The lowest BCUT2D eigenvalue weighted by molar-refractivity contribution is -0.138. The van der Waals surface area contributed by atoms with Crippen LogP contribution < -0.4 is 0 Å². The minimum Gasteiger partial charge on any atom is -0.443 e. The number of alkyl halides is 6. The topological polar surface area (TPSA) is 31.2 Å². The standard InChI is InChI=1S/C19H15F6NO2/c1-17(2,3)28-16(27)26-14-6-4-10(18(20,21)22)8-12(14)13-9-11(19(23,24)25)5-7-15(13)26/h4-9H,1-3H3. The van der Waals surface area contributed by atoms with Crippen LogP contribution in [0.25, 0.3) is 21.8 Å². The molecule has 28 heavy (non-hydrogen) atoms. The van der Waals surface area contributed by atoms with Crippen LogP contribution in [-0.2, 0) is 17.1 Å². The van der Waals surface area contributed by atoms with Gasteiger partial charge in [-0.1, -0.05) is 0 Å². The Morgan fingerprint density at radius 1 is 0.786 bits per heavy atom. The van der Waals surface area contributed by atoms with Crippen LogP contribution in [0.5, 0.6) is 0 Å². The first kappa shape index (κ1) is 20.0. The van der Waals surface area contributed by atoms with Gasteiger partial charge in [0.15, 0.2) is 0 Å². The van der Waals surface area contributed by atoms with E-state index in [1.807, 2.05) is 0 Å². The van der Waals surface area contributed by atoms with Gasteiger partial charge >= 0.3 is 18.4 Å². The maximum atomic E-state index is 13.1. The molecule has 0 aliphatic carbocycles. The fourth-order valence-electron chi connectivity index (χ4n) is 2.88. The summed E-state index contributed by atoms with van der Waals surface area (Å²) in [6.07, 6.45) is -10.3. The van der Waals surface area contributed by atoms with Crippen LogP contribution in [-0.4, -0.2) is 16.3 Å². The highest BCUT2D eigenvalue weighted by atomic mass is 19.4. The zero-order chi connectivity index (χ0) is 21.1. The number of aromatic nitrogens is 1. The fourth-order valence-corrected chi connectivity index (χ4v) is 2.88. The number of nitrogens with zero attached hydrogens (tertiary/aromatic N) is 1. The zero-order valence-corrected chi connectivity index (χ0v) is 15.0. The second-order valence-corrected chi connectivity index (χ2v) is 7.28. The SMILES string of the molecule is CC(C)(C)OC(=O)n1c2ccc(C(F)(F)F)cc2c2cc(C(F)(F)F)ccc21. The van der Waals surface area contributed by atoms with Crippen LogP contribution in [0.15, 0.2) is 36.4 Å². The van der Waals surface area contributed by atoms with E-state index in [-0.39, 0.29) is 21.8 Å². The van der Waals surface area contributed by atoms with Crippen molar-refractivity contribution in [2.24, 2.45) is 0 Å². The van der Waals surface area contributed by atoms with Gasteiger partial charge in [-0.15, -0.1) is 0 Å². The van der Waals surface area contributed by atoms with Crippen molar-refractivity contribution >= 4 is 27.9 Å². The summed E-state index contributed by atoms with van der Waals surface area (Å²) >= 11 is 0. The smallest absolute Gasteiger partial charge is 0.419 e. The second-order valence-electron chi connectivity index (χ2n) is 7.28. The van der Waals surface area contributed by atoms with E-state index in [0.717, 1.165) is 41.0 Å². The van der Waals surface area contributed by atoms with Crippen LogP contribution in [0.4, 0.5) is 31.1 Å². The summed E-state index contributed by atoms with van der Waals surface area (Å²) < 4.78 is 84.8. The van der Waals surface area contributed by atoms with Crippen molar-refractivity contribution in [1.29, 1.82) is 0 Å². The average Bonchev–Trinajstić information content (AvgIpc) is 2.84. The normalized spacial score (nSPS) is 13.3.